The molecule has 112 valence electrons. The van der Waals surface area contributed by atoms with Crippen LogP contribution in [0.3, 0.4) is 0 Å². The summed E-state index contributed by atoms with van der Waals surface area (Å²) in [6, 6.07) is 0. The van der Waals surface area contributed by atoms with Gasteiger partial charge < -0.3 is 9.64 Å². The smallest absolute Gasteiger partial charge is 0.342 e. The number of hydrogen-bond donors (Lipinski definition) is 1. The molecule has 0 unspecified atom stereocenters. The highest BCUT2D eigenvalue weighted by Gasteiger charge is 2.33. The topological polar surface area (TPSA) is 95.6 Å². The largest absolute Gasteiger partial charge is 0.462 e. The Balaban J connectivity index is 2.26. The Morgan fingerprint density at radius 2 is 2.05 bits per heavy atom. The Morgan fingerprint density at radius 1 is 1.40 bits per heavy atom. The third-order valence-electron chi connectivity index (χ3n) is 3.16. The summed E-state index contributed by atoms with van der Waals surface area (Å²) in [5, 5.41) is 5.87. The van der Waals surface area contributed by atoms with Crippen LogP contribution in [0.15, 0.2) is 11.2 Å². The minimum atomic E-state index is -3.75. The van der Waals surface area contributed by atoms with Gasteiger partial charge in [0.1, 0.15) is 5.56 Å². The first-order valence-corrected chi connectivity index (χ1v) is 7.80. The van der Waals surface area contributed by atoms with Crippen molar-refractivity contribution in [3.8, 4) is 0 Å². The molecule has 0 saturated carbocycles. The number of likely N-dealkylation sites (N-methyl/N-ethyl adjacent to an activating group) is 1. The van der Waals surface area contributed by atoms with E-state index in [1.54, 1.807) is 6.92 Å². The van der Waals surface area contributed by atoms with Gasteiger partial charge in [-0.2, -0.15) is 9.40 Å². The Hall–Kier alpha value is -1.45. The number of esters is 1. The van der Waals surface area contributed by atoms with Crippen LogP contribution in [0.4, 0.5) is 0 Å². The standard InChI is InChI=1S/C11H18N4O4S/c1-3-19-11(16)9-8-12-13-10(9)20(17,18)15-6-4-14(2)5-7-15/h8H,3-7H2,1-2H3,(H,12,13). The molecule has 0 radical (unpaired) electrons. The van der Waals surface area contributed by atoms with Gasteiger partial charge in [0.25, 0.3) is 10.0 Å². The third kappa shape index (κ3) is 2.84. The summed E-state index contributed by atoms with van der Waals surface area (Å²) in [4.78, 5) is 13.8. The molecule has 20 heavy (non-hydrogen) atoms. The molecule has 0 amide bonds. The number of aromatic amines is 1. The maximum absolute atomic E-state index is 12.5. The first-order chi connectivity index (χ1) is 9.46. The van der Waals surface area contributed by atoms with E-state index < -0.39 is 16.0 Å². The van der Waals surface area contributed by atoms with Crippen LogP contribution in [0.1, 0.15) is 17.3 Å². The van der Waals surface area contributed by atoms with E-state index >= 15 is 0 Å². The first kappa shape index (κ1) is 14.9. The maximum atomic E-state index is 12.5. The zero-order chi connectivity index (χ0) is 14.8. The number of ether oxygens (including phenoxy) is 1. The molecule has 2 heterocycles. The number of piperazine rings is 1. The van der Waals surface area contributed by atoms with Crippen molar-refractivity contribution in [1.29, 1.82) is 0 Å². The van der Waals surface area contributed by atoms with Crippen molar-refractivity contribution in [3.63, 3.8) is 0 Å². The molecule has 1 aromatic heterocycles. The van der Waals surface area contributed by atoms with E-state index in [0.717, 1.165) is 0 Å². The summed E-state index contributed by atoms with van der Waals surface area (Å²) in [5.74, 6) is -0.686. The molecule has 8 nitrogen and oxygen atoms in total. The zero-order valence-corrected chi connectivity index (χ0v) is 12.3. The highest BCUT2D eigenvalue weighted by atomic mass is 32.2. The van der Waals surface area contributed by atoms with E-state index in [9.17, 15) is 13.2 Å². The number of aromatic nitrogens is 2. The molecule has 1 aromatic rings. The zero-order valence-electron chi connectivity index (χ0n) is 11.5. The van der Waals surface area contributed by atoms with Crippen LogP contribution >= 0.6 is 0 Å². The second kappa shape index (κ2) is 5.90. The van der Waals surface area contributed by atoms with Crippen LogP contribution in [0.5, 0.6) is 0 Å². The van der Waals surface area contributed by atoms with E-state index in [1.807, 2.05) is 11.9 Å². The van der Waals surface area contributed by atoms with Crippen LogP contribution in [0.25, 0.3) is 0 Å². The van der Waals surface area contributed by atoms with Gasteiger partial charge in [-0.15, -0.1) is 0 Å². The van der Waals surface area contributed by atoms with Gasteiger partial charge in [-0.25, -0.2) is 13.2 Å². The number of carbonyl (C=O) groups excluding carboxylic acids is 1. The molecule has 1 N–H and O–H groups in total. The first-order valence-electron chi connectivity index (χ1n) is 6.36. The third-order valence-corrected chi connectivity index (χ3v) is 5.03. The van der Waals surface area contributed by atoms with Gasteiger partial charge in [-0.3, -0.25) is 5.10 Å². The van der Waals surface area contributed by atoms with Crippen LogP contribution in [-0.4, -0.2) is 73.6 Å². The van der Waals surface area contributed by atoms with Gasteiger partial charge in [0.15, 0.2) is 5.03 Å². The van der Waals surface area contributed by atoms with E-state index in [0.29, 0.717) is 26.2 Å². The van der Waals surface area contributed by atoms with E-state index in [2.05, 4.69) is 10.2 Å². The fourth-order valence-corrected chi connectivity index (χ4v) is 3.47. The highest BCUT2D eigenvalue weighted by Crippen LogP contribution is 2.19. The maximum Gasteiger partial charge on any atom is 0.342 e. The lowest BCUT2D eigenvalue weighted by Gasteiger charge is -2.31. The second-order valence-electron chi connectivity index (χ2n) is 4.54. The molecule has 0 aromatic carbocycles. The minimum Gasteiger partial charge on any atom is -0.462 e. The Bertz CT molecular complexity index is 575. The van der Waals surface area contributed by atoms with Crippen molar-refractivity contribution in [1.82, 2.24) is 19.4 Å². The number of nitrogens with one attached hydrogen (secondary N) is 1. The Labute approximate surface area is 117 Å². The lowest BCUT2D eigenvalue weighted by atomic mass is 10.4. The quantitative estimate of drug-likeness (QED) is 0.755. The molecule has 1 fully saturated rings. The van der Waals surface area contributed by atoms with E-state index in [1.165, 1.54) is 10.5 Å². The number of carbonyl (C=O) groups is 1. The predicted molar refractivity (Wildman–Crippen MR) is 70.8 cm³/mol. The molecular weight excluding hydrogens is 284 g/mol. The van der Waals surface area contributed by atoms with Crippen molar-refractivity contribution >= 4 is 16.0 Å². The number of hydrogen-bond acceptors (Lipinski definition) is 6. The minimum absolute atomic E-state index is 0.0502. The highest BCUT2D eigenvalue weighted by molar-refractivity contribution is 7.89. The summed E-state index contributed by atoms with van der Waals surface area (Å²) in [6.45, 7) is 3.93. The number of sulfonamides is 1. The number of rotatable bonds is 4. The lowest BCUT2D eigenvalue weighted by Crippen LogP contribution is -2.47. The van der Waals surface area contributed by atoms with Gasteiger partial charge in [0.05, 0.1) is 12.8 Å². The number of H-pyrrole nitrogens is 1. The summed E-state index contributed by atoms with van der Waals surface area (Å²) in [7, 11) is -1.81. The molecule has 0 aliphatic carbocycles. The molecule has 0 bridgehead atoms. The van der Waals surface area contributed by atoms with Crippen LogP contribution < -0.4 is 0 Å². The van der Waals surface area contributed by atoms with Gasteiger partial charge in [0.2, 0.25) is 0 Å². The van der Waals surface area contributed by atoms with Crippen molar-refractivity contribution in [2.24, 2.45) is 0 Å². The van der Waals surface area contributed by atoms with Gasteiger partial charge in [-0.05, 0) is 14.0 Å². The molecule has 1 saturated heterocycles. The molecular formula is C11H18N4O4S. The normalized spacial score (nSPS) is 18.1. The van der Waals surface area contributed by atoms with E-state index in [-0.39, 0.29) is 17.2 Å². The Morgan fingerprint density at radius 3 is 2.65 bits per heavy atom. The van der Waals surface area contributed by atoms with Crippen molar-refractivity contribution in [2.45, 2.75) is 11.9 Å². The number of nitrogens with zero attached hydrogens (tertiary/aromatic N) is 3. The van der Waals surface area contributed by atoms with Gasteiger partial charge >= 0.3 is 5.97 Å². The predicted octanol–water partition coefficient (Wildman–Crippen LogP) is -0.477. The van der Waals surface area contributed by atoms with Crippen molar-refractivity contribution in [2.75, 3.05) is 39.8 Å². The average Bonchev–Trinajstić information content (AvgIpc) is 2.89. The summed E-state index contributed by atoms with van der Waals surface area (Å²) >= 11 is 0. The van der Waals surface area contributed by atoms with Crippen LogP contribution in [-0.2, 0) is 14.8 Å². The van der Waals surface area contributed by atoms with Gasteiger partial charge in [0, 0.05) is 26.2 Å². The lowest BCUT2D eigenvalue weighted by molar-refractivity contribution is 0.0521. The summed E-state index contributed by atoms with van der Waals surface area (Å²) in [5.41, 5.74) is -0.0502. The SMILES string of the molecule is CCOC(=O)c1cn[nH]c1S(=O)(=O)N1CCN(C)CC1. The summed E-state index contributed by atoms with van der Waals surface area (Å²) in [6.07, 6.45) is 1.18. The molecule has 1 aliphatic rings. The molecule has 1 aliphatic heterocycles. The molecule has 2 rings (SSSR count). The molecule has 0 spiro atoms. The monoisotopic (exact) mass is 302 g/mol. The molecule has 0 atom stereocenters. The van der Waals surface area contributed by atoms with Crippen molar-refractivity contribution in [3.05, 3.63) is 11.8 Å². The van der Waals surface area contributed by atoms with Crippen molar-refractivity contribution < 1.29 is 17.9 Å². The van der Waals surface area contributed by atoms with Crippen LogP contribution in [0.2, 0.25) is 0 Å². The van der Waals surface area contributed by atoms with Crippen LogP contribution in [0, 0.1) is 0 Å². The average molecular weight is 302 g/mol. The summed E-state index contributed by atoms with van der Waals surface area (Å²) < 4.78 is 31.2. The second-order valence-corrected chi connectivity index (χ2v) is 6.42. The fourth-order valence-electron chi connectivity index (χ4n) is 1.98. The van der Waals surface area contributed by atoms with Gasteiger partial charge in [-0.1, -0.05) is 0 Å². The molecule has 9 heteroatoms. The fraction of sp³-hybridized carbons (Fsp3) is 0.636. The Kier molecular flexibility index (Phi) is 4.41. The van der Waals surface area contributed by atoms with E-state index in [4.69, 9.17) is 4.74 Å².